The second-order valence-corrected chi connectivity index (χ2v) is 6.05. The number of carbonyl (C=O) groups is 1. The molecule has 2 fully saturated rings. The van der Waals surface area contributed by atoms with Crippen LogP contribution in [0.5, 0.6) is 0 Å². The van der Waals surface area contributed by atoms with Gasteiger partial charge in [0, 0.05) is 26.2 Å². The van der Waals surface area contributed by atoms with Crippen LogP contribution < -0.4 is 5.32 Å². The number of likely N-dealkylation sites (tertiary alicyclic amines) is 1. The molecule has 0 bridgehead atoms. The number of piperidine rings is 1. The monoisotopic (exact) mass is 263 g/mol. The van der Waals surface area contributed by atoms with Gasteiger partial charge in [0.25, 0.3) is 5.91 Å². The molecule has 1 aromatic heterocycles. The Balaban J connectivity index is 1.70. The van der Waals surface area contributed by atoms with Crippen molar-refractivity contribution in [1.29, 1.82) is 0 Å². The number of amides is 1. The van der Waals surface area contributed by atoms with E-state index in [0.717, 1.165) is 26.2 Å². The quantitative estimate of drug-likeness (QED) is 0.846. The van der Waals surface area contributed by atoms with E-state index in [0.29, 0.717) is 23.6 Å². The third kappa shape index (κ3) is 2.49. The van der Waals surface area contributed by atoms with Gasteiger partial charge in [-0.2, -0.15) is 0 Å². The predicted molar refractivity (Wildman–Crippen MR) is 70.8 cm³/mol. The van der Waals surface area contributed by atoms with Gasteiger partial charge in [-0.1, -0.05) is 19.1 Å². The largest absolute Gasteiger partial charge is 0.337 e. The van der Waals surface area contributed by atoms with Gasteiger partial charge in [0.05, 0.1) is 12.2 Å². The molecule has 3 heterocycles. The minimum Gasteiger partial charge on any atom is -0.337 e. The molecule has 104 valence electrons. The number of nitrogens with zero attached hydrogens (tertiary/aromatic N) is 4. The molecule has 0 spiro atoms. The summed E-state index contributed by atoms with van der Waals surface area (Å²) in [4.78, 5) is 14.4. The number of carbonyl (C=O) groups excluding carboxylic acids is 1. The van der Waals surface area contributed by atoms with Crippen molar-refractivity contribution in [3.63, 3.8) is 0 Å². The molecule has 2 atom stereocenters. The molecule has 1 aromatic rings. The van der Waals surface area contributed by atoms with E-state index in [4.69, 9.17) is 0 Å². The molecular weight excluding hydrogens is 242 g/mol. The second-order valence-electron chi connectivity index (χ2n) is 6.05. The minimum absolute atomic E-state index is 0.0249. The van der Waals surface area contributed by atoms with Crippen LogP contribution in [0.15, 0.2) is 6.20 Å². The van der Waals surface area contributed by atoms with E-state index in [1.54, 1.807) is 10.9 Å². The number of rotatable bonds is 2. The fraction of sp³-hybridized carbons (Fsp3) is 0.769. The van der Waals surface area contributed by atoms with Crippen LogP contribution in [-0.2, 0) is 0 Å². The van der Waals surface area contributed by atoms with Gasteiger partial charge in [-0.3, -0.25) is 4.79 Å². The molecule has 2 aliphatic rings. The molecule has 2 unspecified atom stereocenters. The van der Waals surface area contributed by atoms with Gasteiger partial charge in [0.1, 0.15) is 0 Å². The summed E-state index contributed by atoms with van der Waals surface area (Å²) in [6, 6.07) is 0.355. The highest BCUT2D eigenvalue weighted by molar-refractivity contribution is 5.92. The molecule has 6 heteroatoms. The standard InChI is InChI=1S/C13H21N5O/c1-9-3-10(2)7-17(6-9)13(19)12-8-18(16-15-12)11-4-14-5-11/h8-11,14H,3-7H2,1-2H3. The smallest absolute Gasteiger partial charge is 0.276 e. The van der Waals surface area contributed by atoms with Crippen LogP contribution in [0, 0.1) is 11.8 Å². The maximum Gasteiger partial charge on any atom is 0.276 e. The highest BCUT2D eigenvalue weighted by Gasteiger charge is 2.28. The van der Waals surface area contributed by atoms with Crippen LogP contribution in [0.2, 0.25) is 0 Å². The molecule has 2 aliphatic heterocycles. The van der Waals surface area contributed by atoms with Crippen molar-refractivity contribution in [3.05, 3.63) is 11.9 Å². The lowest BCUT2D eigenvalue weighted by Gasteiger charge is -2.34. The summed E-state index contributed by atoms with van der Waals surface area (Å²) >= 11 is 0. The number of aromatic nitrogens is 3. The fourth-order valence-corrected chi connectivity index (χ4v) is 3.00. The maximum absolute atomic E-state index is 12.4. The molecule has 0 aliphatic carbocycles. The van der Waals surface area contributed by atoms with Crippen molar-refractivity contribution >= 4 is 5.91 Å². The van der Waals surface area contributed by atoms with Crippen molar-refractivity contribution in [3.8, 4) is 0 Å². The number of nitrogens with one attached hydrogen (secondary N) is 1. The first-order valence-electron chi connectivity index (χ1n) is 7.05. The van der Waals surface area contributed by atoms with Crippen molar-refractivity contribution < 1.29 is 4.79 Å². The van der Waals surface area contributed by atoms with E-state index in [9.17, 15) is 4.79 Å². The van der Waals surface area contributed by atoms with Crippen molar-refractivity contribution in [1.82, 2.24) is 25.2 Å². The van der Waals surface area contributed by atoms with Crippen molar-refractivity contribution in [2.75, 3.05) is 26.2 Å². The molecule has 3 rings (SSSR count). The molecule has 1 amide bonds. The Kier molecular flexibility index (Phi) is 3.26. The Morgan fingerprint density at radius 3 is 2.58 bits per heavy atom. The maximum atomic E-state index is 12.4. The summed E-state index contributed by atoms with van der Waals surface area (Å²) in [6.45, 7) is 7.89. The van der Waals surface area contributed by atoms with E-state index in [1.165, 1.54) is 6.42 Å². The molecule has 0 saturated carbocycles. The third-order valence-corrected chi connectivity index (χ3v) is 4.02. The number of hydrogen-bond acceptors (Lipinski definition) is 4. The molecule has 6 nitrogen and oxygen atoms in total. The lowest BCUT2D eigenvalue weighted by atomic mass is 9.92. The molecule has 0 aromatic carbocycles. The van der Waals surface area contributed by atoms with Gasteiger partial charge in [-0.05, 0) is 18.3 Å². The Morgan fingerprint density at radius 2 is 2.00 bits per heavy atom. The summed E-state index contributed by atoms with van der Waals surface area (Å²) in [7, 11) is 0. The Hall–Kier alpha value is -1.43. The van der Waals surface area contributed by atoms with Crippen LogP contribution in [0.25, 0.3) is 0 Å². The van der Waals surface area contributed by atoms with E-state index in [-0.39, 0.29) is 5.91 Å². The third-order valence-electron chi connectivity index (χ3n) is 4.02. The van der Waals surface area contributed by atoms with Crippen LogP contribution in [0.4, 0.5) is 0 Å². The zero-order chi connectivity index (χ0) is 13.4. The van der Waals surface area contributed by atoms with Crippen molar-refractivity contribution in [2.45, 2.75) is 26.3 Å². The van der Waals surface area contributed by atoms with E-state index < -0.39 is 0 Å². The molecule has 0 radical (unpaired) electrons. The SMILES string of the molecule is CC1CC(C)CN(C(=O)c2cn(C3CNC3)nn2)C1. The number of hydrogen-bond donors (Lipinski definition) is 1. The summed E-state index contributed by atoms with van der Waals surface area (Å²) < 4.78 is 1.81. The zero-order valence-electron chi connectivity index (χ0n) is 11.5. The van der Waals surface area contributed by atoms with Gasteiger partial charge in [0.15, 0.2) is 5.69 Å². The summed E-state index contributed by atoms with van der Waals surface area (Å²) in [5.41, 5.74) is 0.480. The van der Waals surface area contributed by atoms with Crippen LogP contribution in [-0.4, -0.2) is 52.0 Å². The molecule has 19 heavy (non-hydrogen) atoms. The molecule has 1 N–H and O–H groups in total. The van der Waals surface area contributed by atoms with Gasteiger partial charge >= 0.3 is 0 Å². The first-order chi connectivity index (χ1) is 9.13. The molecule has 2 saturated heterocycles. The highest BCUT2D eigenvalue weighted by Crippen LogP contribution is 2.22. The Bertz CT molecular complexity index is 457. The average molecular weight is 263 g/mol. The van der Waals surface area contributed by atoms with E-state index >= 15 is 0 Å². The zero-order valence-corrected chi connectivity index (χ0v) is 11.5. The summed E-state index contributed by atoms with van der Waals surface area (Å²) in [5, 5.41) is 11.3. The van der Waals surface area contributed by atoms with E-state index in [2.05, 4.69) is 29.5 Å². The first-order valence-corrected chi connectivity index (χ1v) is 7.05. The summed E-state index contributed by atoms with van der Waals surface area (Å²) in [6.07, 6.45) is 2.99. The van der Waals surface area contributed by atoms with Gasteiger partial charge in [0.2, 0.25) is 0 Å². The topological polar surface area (TPSA) is 63.1 Å². The van der Waals surface area contributed by atoms with Crippen LogP contribution >= 0.6 is 0 Å². The summed E-state index contributed by atoms with van der Waals surface area (Å²) in [5.74, 6) is 1.16. The van der Waals surface area contributed by atoms with Crippen LogP contribution in [0.3, 0.4) is 0 Å². The normalized spacial score (nSPS) is 28.2. The second kappa shape index (κ2) is 4.92. The lowest BCUT2D eigenvalue weighted by Crippen LogP contribution is -2.44. The molecular formula is C13H21N5O. The van der Waals surface area contributed by atoms with Gasteiger partial charge in [-0.25, -0.2) is 4.68 Å². The Labute approximate surface area is 113 Å². The predicted octanol–water partition coefficient (Wildman–Crippen LogP) is 0.540. The van der Waals surface area contributed by atoms with Crippen molar-refractivity contribution in [2.24, 2.45) is 11.8 Å². The Morgan fingerprint density at radius 1 is 1.32 bits per heavy atom. The first kappa shape index (κ1) is 12.6. The average Bonchev–Trinajstić information content (AvgIpc) is 2.73. The highest BCUT2D eigenvalue weighted by atomic mass is 16.2. The van der Waals surface area contributed by atoms with Gasteiger partial charge in [-0.15, -0.1) is 5.10 Å². The van der Waals surface area contributed by atoms with E-state index in [1.807, 2.05) is 4.90 Å². The van der Waals surface area contributed by atoms with Crippen LogP contribution in [0.1, 0.15) is 36.8 Å². The fourth-order valence-electron chi connectivity index (χ4n) is 3.00. The minimum atomic E-state index is 0.0249. The lowest BCUT2D eigenvalue weighted by molar-refractivity contribution is 0.0617. The van der Waals surface area contributed by atoms with Gasteiger partial charge < -0.3 is 10.2 Å².